The summed E-state index contributed by atoms with van der Waals surface area (Å²) in [7, 11) is -3.22. The smallest absolute Gasteiger partial charge is 0.450 e. The van der Waals surface area contributed by atoms with Gasteiger partial charge < -0.3 is 14.3 Å². The van der Waals surface area contributed by atoms with Crippen molar-refractivity contribution in [1.29, 1.82) is 0 Å². The van der Waals surface area contributed by atoms with E-state index < -0.39 is 79.2 Å². The number of carboxylic acid groups (broad SMARTS) is 1. The van der Waals surface area contributed by atoms with Gasteiger partial charge >= 0.3 is 12.3 Å². The molecule has 1 rings (SSSR count). The van der Waals surface area contributed by atoms with E-state index in [4.69, 9.17) is 9.53 Å². The normalized spacial score (nSPS) is 24.7. The number of halogens is 10. The third-order valence-electron chi connectivity index (χ3n) is 5.40. The molecule has 0 radical (unpaired) electrons. The first kappa shape index (κ1) is 28.3. The third-order valence-corrected chi connectivity index (χ3v) is 9.88. The van der Waals surface area contributed by atoms with Gasteiger partial charge in [0.2, 0.25) is 11.8 Å². The van der Waals surface area contributed by atoms with Gasteiger partial charge in [-0.25, -0.2) is 35.5 Å². The van der Waals surface area contributed by atoms with Crippen LogP contribution in [0.5, 0.6) is 0 Å². The average Bonchev–Trinajstić information content (AvgIpc) is 2.59. The van der Waals surface area contributed by atoms with E-state index in [2.05, 4.69) is 4.74 Å². The summed E-state index contributed by atoms with van der Waals surface area (Å²) in [6.07, 6.45) is -13.8. The molecule has 1 aliphatic rings. The van der Waals surface area contributed by atoms with Gasteiger partial charge in [-0.05, 0) is 18.1 Å². The highest BCUT2D eigenvalue weighted by Gasteiger charge is 2.75. The standard InChI is InChI=1S/C17H20F10O4Si/c1-14(2,3)32(4,5)30-6-15(23,24)12(17(25,26)27)16(31-13(28)29)10(21)8(19)7(18)9(20)11(16)22/h10,12H,6H2,1-5H3,(H,28,29). The van der Waals surface area contributed by atoms with Crippen LogP contribution in [-0.2, 0) is 9.16 Å². The topological polar surface area (TPSA) is 55.8 Å². The Bertz CT molecular complexity index is 815. The fraction of sp³-hybridized carbons (Fsp3) is 0.706. The van der Waals surface area contributed by atoms with E-state index in [9.17, 15) is 48.7 Å². The lowest BCUT2D eigenvalue weighted by Crippen LogP contribution is -2.64. The van der Waals surface area contributed by atoms with Crippen molar-refractivity contribution in [3.05, 3.63) is 23.3 Å². The monoisotopic (exact) mass is 506 g/mol. The van der Waals surface area contributed by atoms with E-state index in [1.54, 1.807) is 0 Å². The Balaban J connectivity index is 3.78. The molecule has 0 aromatic carbocycles. The van der Waals surface area contributed by atoms with Crippen molar-refractivity contribution in [2.45, 2.75) is 62.8 Å². The average molecular weight is 506 g/mol. The summed E-state index contributed by atoms with van der Waals surface area (Å²) in [6.45, 7) is 5.08. The van der Waals surface area contributed by atoms with Gasteiger partial charge in [0.05, 0.1) is 6.61 Å². The summed E-state index contributed by atoms with van der Waals surface area (Å²) >= 11 is 0. The molecule has 32 heavy (non-hydrogen) atoms. The molecule has 0 bridgehead atoms. The second kappa shape index (κ2) is 8.54. The molecule has 0 aromatic heterocycles. The Morgan fingerprint density at radius 1 is 1.06 bits per heavy atom. The lowest BCUT2D eigenvalue weighted by molar-refractivity contribution is -0.301. The van der Waals surface area contributed by atoms with Gasteiger partial charge in [0.25, 0.3) is 5.92 Å². The lowest BCUT2D eigenvalue weighted by Gasteiger charge is -2.45. The van der Waals surface area contributed by atoms with Gasteiger partial charge in [0.1, 0.15) is 0 Å². The molecule has 0 aliphatic heterocycles. The molecule has 4 nitrogen and oxygen atoms in total. The number of hydrogen-bond acceptors (Lipinski definition) is 3. The first-order valence-electron chi connectivity index (χ1n) is 8.79. The van der Waals surface area contributed by atoms with Crippen molar-refractivity contribution in [3.8, 4) is 0 Å². The first-order valence-corrected chi connectivity index (χ1v) is 11.7. The lowest BCUT2D eigenvalue weighted by atomic mass is 9.74. The molecule has 0 spiro atoms. The first-order chi connectivity index (χ1) is 14.0. The van der Waals surface area contributed by atoms with Crippen molar-refractivity contribution in [2.24, 2.45) is 5.92 Å². The minimum absolute atomic E-state index is 0.825. The Morgan fingerprint density at radius 3 is 1.91 bits per heavy atom. The zero-order valence-corrected chi connectivity index (χ0v) is 18.3. The number of carbonyl (C=O) groups is 1. The van der Waals surface area contributed by atoms with E-state index in [1.807, 2.05) is 0 Å². The van der Waals surface area contributed by atoms with Crippen LogP contribution >= 0.6 is 0 Å². The van der Waals surface area contributed by atoms with Gasteiger partial charge in [-0.3, -0.25) is 0 Å². The summed E-state index contributed by atoms with van der Waals surface area (Å²) in [5, 5.41) is 7.86. The van der Waals surface area contributed by atoms with Crippen molar-refractivity contribution in [1.82, 2.24) is 0 Å². The van der Waals surface area contributed by atoms with Gasteiger partial charge in [-0.1, -0.05) is 20.8 Å². The van der Waals surface area contributed by atoms with Crippen LogP contribution in [0.2, 0.25) is 18.1 Å². The van der Waals surface area contributed by atoms with Crippen molar-refractivity contribution in [3.63, 3.8) is 0 Å². The number of rotatable bonds is 6. The maximum atomic E-state index is 14.9. The minimum atomic E-state index is -6.41. The van der Waals surface area contributed by atoms with Crippen molar-refractivity contribution >= 4 is 14.5 Å². The molecule has 3 unspecified atom stereocenters. The SMILES string of the molecule is CC(C)(C)[Si](C)(C)OCC(F)(F)C(C(F)(F)F)C1(OC(=O)O)C(F)=C(F)C(F)=C(F)C1F. The molecule has 15 heteroatoms. The van der Waals surface area contributed by atoms with E-state index in [1.165, 1.54) is 33.9 Å². The molecule has 0 saturated carbocycles. The quantitative estimate of drug-likeness (QED) is 0.242. The van der Waals surface area contributed by atoms with Gasteiger partial charge in [0, 0.05) is 0 Å². The van der Waals surface area contributed by atoms with Gasteiger partial charge in [-0.2, -0.15) is 13.2 Å². The Labute approximate surface area is 177 Å². The molecule has 0 saturated heterocycles. The fourth-order valence-electron chi connectivity index (χ4n) is 2.73. The minimum Gasteiger partial charge on any atom is -0.450 e. The van der Waals surface area contributed by atoms with Crippen LogP contribution in [0.1, 0.15) is 20.8 Å². The predicted octanol–water partition coefficient (Wildman–Crippen LogP) is 6.91. The Hall–Kier alpha value is -1.77. The number of hydrogen-bond donors (Lipinski definition) is 1. The molecule has 0 fully saturated rings. The van der Waals surface area contributed by atoms with Crippen molar-refractivity contribution in [2.75, 3.05) is 6.61 Å². The molecule has 186 valence electrons. The summed E-state index contributed by atoms with van der Waals surface area (Å²) in [5.41, 5.74) is -5.16. The van der Waals surface area contributed by atoms with Gasteiger partial charge in [-0.15, -0.1) is 0 Å². The van der Waals surface area contributed by atoms with Crippen LogP contribution in [0.4, 0.5) is 48.7 Å². The second-order valence-corrected chi connectivity index (χ2v) is 13.4. The molecule has 0 aromatic rings. The Kier molecular flexibility index (Phi) is 7.54. The second-order valence-electron chi connectivity index (χ2n) is 8.60. The third kappa shape index (κ3) is 4.92. The zero-order chi connectivity index (χ0) is 25.7. The van der Waals surface area contributed by atoms with Crippen LogP contribution in [0.25, 0.3) is 0 Å². The van der Waals surface area contributed by atoms with E-state index in [-0.39, 0.29) is 0 Å². The van der Waals surface area contributed by atoms with Crippen LogP contribution in [-0.4, -0.2) is 50.1 Å². The van der Waals surface area contributed by atoms with E-state index in [0.717, 1.165) is 0 Å². The zero-order valence-electron chi connectivity index (χ0n) is 17.3. The van der Waals surface area contributed by atoms with Crippen molar-refractivity contribution < 1.29 is 63.0 Å². The van der Waals surface area contributed by atoms with Crippen LogP contribution < -0.4 is 0 Å². The highest BCUT2D eigenvalue weighted by atomic mass is 28.4. The number of alkyl halides is 6. The largest absolute Gasteiger partial charge is 0.506 e. The number of ether oxygens (including phenoxy) is 1. The maximum Gasteiger partial charge on any atom is 0.506 e. The van der Waals surface area contributed by atoms with Crippen LogP contribution in [0, 0.1) is 5.92 Å². The predicted molar refractivity (Wildman–Crippen MR) is 92.9 cm³/mol. The van der Waals surface area contributed by atoms with E-state index in [0.29, 0.717) is 0 Å². The van der Waals surface area contributed by atoms with Gasteiger partial charge in [0.15, 0.2) is 37.5 Å². The molecule has 1 N–H and O–H groups in total. The van der Waals surface area contributed by atoms with Crippen LogP contribution in [0.3, 0.4) is 0 Å². The summed E-state index contributed by atoms with van der Waals surface area (Å²) in [5.74, 6) is -22.7. The summed E-state index contributed by atoms with van der Waals surface area (Å²) < 4.78 is 149. The van der Waals surface area contributed by atoms with E-state index >= 15 is 0 Å². The van der Waals surface area contributed by atoms with Crippen LogP contribution in [0.15, 0.2) is 23.3 Å². The Morgan fingerprint density at radius 2 is 1.53 bits per heavy atom. The molecular weight excluding hydrogens is 486 g/mol. The highest BCUT2D eigenvalue weighted by Crippen LogP contribution is 2.57. The summed E-state index contributed by atoms with van der Waals surface area (Å²) in [4.78, 5) is 10.9. The molecule has 0 amide bonds. The molecule has 0 heterocycles. The fourth-order valence-corrected chi connectivity index (χ4v) is 3.72. The molecular formula is C17H20F10O4Si. The molecule has 3 atom stereocenters. The summed E-state index contributed by atoms with van der Waals surface area (Å²) in [6, 6.07) is 0. The highest BCUT2D eigenvalue weighted by molar-refractivity contribution is 6.74. The maximum absolute atomic E-state index is 14.9. The molecule has 1 aliphatic carbocycles. The number of allylic oxidation sites excluding steroid dienone is 2.